The van der Waals surface area contributed by atoms with E-state index in [0.29, 0.717) is 19.6 Å². The highest BCUT2D eigenvalue weighted by Crippen LogP contribution is 2.15. The molecule has 0 bridgehead atoms. The first-order chi connectivity index (χ1) is 14.7. The Labute approximate surface area is 180 Å². The van der Waals surface area contributed by atoms with Gasteiger partial charge in [0.1, 0.15) is 11.6 Å². The summed E-state index contributed by atoms with van der Waals surface area (Å²) >= 11 is 0. The Kier molecular flexibility index (Phi) is 7.33. The molecule has 1 amide bonds. The van der Waals surface area contributed by atoms with Gasteiger partial charge in [0.25, 0.3) is 5.91 Å². The SMILES string of the molecule is NS(=O)(=O)c1ccc(CN2CCN(CC(=O)N/N=C/c3cc(F)ccc3O)CC2)cc1. The Bertz CT molecular complexity index is 1050. The van der Waals surface area contributed by atoms with Crippen molar-refractivity contribution in [2.24, 2.45) is 10.2 Å². The number of aromatic hydroxyl groups is 1. The van der Waals surface area contributed by atoms with E-state index < -0.39 is 15.8 Å². The molecule has 0 unspecified atom stereocenters. The van der Waals surface area contributed by atoms with Crippen LogP contribution in [0.5, 0.6) is 5.75 Å². The van der Waals surface area contributed by atoms with E-state index in [1.54, 1.807) is 12.1 Å². The van der Waals surface area contributed by atoms with Crippen LogP contribution in [0.2, 0.25) is 0 Å². The first-order valence-electron chi connectivity index (χ1n) is 9.57. The summed E-state index contributed by atoms with van der Waals surface area (Å²) in [5.41, 5.74) is 3.53. The second kappa shape index (κ2) is 9.96. The zero-order valence-corrected chi connectivity index (χ0v) is 17.6. The molecule has 166 valence electrons. The fourth-order valence-electron chi connectivity index (χ4n) is 3.19. The number of nitrogens with one attached hydrogen (secondary N) is 1. The topological polar surface area (TPSA) is 128 Å². The Morgan fingerprint density at radius 1 is 1.13 bits per heavy atom. The lowest BCUT2D eigenvalue weighted by Gasteiger charge is -2.34. The second-order valence-electron chi connectivity index (χ2n) is 7.24. The maximum Gasteiger partial charge on any atom is 0.254 e. The average Bonchev–Trinajstić information content (AvgIpc) is 2.72. The summed E-state index contributed by atoms with van der Waals surface area (Å²) in [7, 11) is -3.70. The van der Waals surface area contributed by atoms with Gasteiger partial charge >= 0.3 is 0 Å². The molecule has 0 aromatic heterocycles. The summed E-state index contributed by atoms with van der Waals surface area (Å²) in [4.78, 5) is 16.4. The van der Waals surface area contributed by atoms with Crippen molar-refractivity contribution in [2.45, 2.75) is 11.4 Å². The number of carbonyl (C=O) groups excluding carboxylic acids is 1. The summed E-state index contributed by atoms with van der Waals surface area (Å²) in [6.07, 6.45) is 1.19. The largest absolute Gasteiger partial charge is 0.507 e. The number of piperazine rings is 1. The molecule has 0 aliphatic carbocycles. The smallest absolute Gasteiger partial charge is 0.254 e. The quantitative estimate of drug-likeness (QED) is 0.416. The van der Waals surface area contributed by atoms with Crippen LogP contribution < -0.4 is 10.6 Å². The van der Waals surface area contributed by atoms with Gasteiger partial charge in [0.2, 0.25) is 10.0 Å². The molecule has 1 saturated heterocycles. The van der Waals surface area contributed by atoms with Crippen LogP contribution in [0.3, 0.4) is 0 Å². The lowest BCUT2D eigenvalue weighted by atomic mass is 10.2. The molecule has 31 heavy (non-hydrogen) atoms. The van der Waals surface area contributed by atoms with Crippen LogP contribution >= 0.6 is 0 Å². The van der Waals surface area contributed by atoms with Crippen molar-refractivity contribution in [1.82, 2.24) is 15.2 Å². The molecule has 1 heterocycles. The third-order valence-electron chi connectivity index (χ3n) is 4.87. The zero-order valence-electron chi connectivity index (χ0n) is 16.7. The number of amides is 1. The Balaban J connectivity index is 1.42. The van der Waals surface area contributed by atoms with Crippen LogP contribution in [0, 0.1) is 5.82 Å². The van der Waals surface area contributed by atoms with Gasteiger partial charge in [-0.1, -0.05) is 12.1 Å². The van der Waals surface area contributed by atoms with Crippen molar-refractivity contribution in [1.29, 1.82) is 0 Å². The maximum absolute atomic E-state index is 13.2. The number of primary sulfonamides is 1. The molecule has 0 radical (unpaired) electrons. The number of hydrogen-bond acceptors (Lipinski definition) is 7. The molecule has 9 nitrogen and oxygen atoms in total. The number of rotatable bonds is 7. The normalized spacial score (nSPS) is 15.9. The molecule has 1 aliphatic heterocycles. The number of halogens is 1. The number of phenols is 1. The van der Waals surface area contributed by atoms with Crippen LogP contribution in [-0.2, 0) is 21.4 Å². The van der Waals surface area contributed by atoms with Crippen molar-refractivity contribution >= 4 is 22.1 Å². The van der Waals surface area contributed by atoms with Crippen molar-refractivity contribution in [3.05, 3.63) is 59.4 Å². The monoisotopic (exact) mass is 449 g/mol. The van der Waals surface area contributed by atoms with E-state index in [1.807, 2.05) is 4.90 Å². The first kappa shape index (κ1) is 22.8. The van der Waals surface area contributed by atoms with E-state index in [0.717, 1.165) is 30.8 Å². The van der Waals surface area contributed by atoms with Crippen LogP contribution in [-0.4, -0.2) is 68.2 Å². The molecular formula is C20H24FN5O4S. The molecule has 1 aliphatic rings. The van der Waals surface area contributed by atoms with Gasteiger partial charge in [0.05, 0.1) is 17.7 Å². The van der Waals surface area contributed by atoms with Crippen LogP contribution in [0.4, 0.5) is 4.39 Å². The van der Waals surface area contributed by atoms with E-state index in [-0.39, 0.29) is 28.7 Å². The third kappa shape index (κ3) is 6.82. The molecule has 0 atom stereocenters. The van der Waals surface area contributed by atoms with Crippen LogP contribution in [0.25, 0.3) is 0 Å². The molecule has 4 N–H and O–H groups in total. The van der Waals surface area contributed by atoms with Crippen molar-refractivity contribution in [3.8, 4) is 5.75 Å². The summed E-state index contributed by atoms with van der Waals surface area (Å²) in [6.45, 7) is 3.74. The van der Waals surface area contributed by atoms with Gasteiger partial charge in [-0.25, -0.2) is 23.4 Å². The fraction of sp³-hybridized carbons (Fsp3) is 0.300. The van der Waals surface area contributed by atoms with E-state index in [1.165, 1.54) is 24.4 Å². The molecular weight excluding hydrogens is 425 g/mol. The molecule has 3 rings (SSSR count). The van der Waals surface area contributed by atoms with Crippen molar-refractivity contribution in [2.75, 3.05) is 32.7 Å². The predicted octanol–water partition coefficient (Wildman–Crippen LogP) is 0.447. The summed E-state index contributed by atoms with van der Waals surface area (Å²) < 4.78 is 35.8. The molecule has 2 aromatic carbocycles. The molecule has 11 heteroatoms. The summed E-state index contributed by atoms with van der Waals surface area (Å²) in [5.74, 6) is -0.946. The van der Waals surface area contributed by atoms with Crippen LogP contribution in [0.15, 0.2) is 52.5 Å². The number of phenolic OH excluding ortho intramolecular Hbond substituents is 1. The van der Waals surface area contributed by atoms with E-state index in [4.69, 9.17) is 5.14 Å². The van der Waals surface area contributed by atoms with Gasteiger partial charge in [0.15, 0.2) is 0 Å². The maximum atomic E-state index is 13.2. The van der Waals surface area contributed by atoms with Gasteiger partial charge in [-0.15, -0.1) is 0 Å². The fourth-order valence-corrected chi connectivity index (χ4v) is 3.70. The van der Waals surface area contributed by atoms with E-state index >= 15 is 0 Å². The van der Waals surface area contributed by atoms with Gasteiger partial charge in [-0.05, 0) is 35.9 Å². The minimum Gasteiger partial charge on any atom is -0.507 e. The lowest BCUT2D eigenvalue weighted by molar-refractivity contribution is -0.122. The number of nitrogens with zero attached hydrogens (tertiary/aromatic N) is 3. The molecule has 0 saturated carbocycles. The predicted molar refractivity (Wildman–Crippen MR) is 113 cm³/mol. The number of hydrogen-bond donors (Lipinski definition) is 3. The highest BCUT2D eigenvalue weighted by Gasteiger charge is 2.19. The van der Waals surface area contributed by atoms with Gasteiger partial charge in [0, 0.05) is 38.3 Å². The Hall–Kier alpha value is -2.86. The molecule has 1 fully saturated rings. The van der Waals surface area contributed by atoms with E-state index in [9.17, 15) is 22.7 Å². The number of sulfonamides is 1. The van der Waals surface area contributed by atoms with E-state index in [2.05, 4.69) is 15.4 Å². The molecule has 2 aromatic rings. The standard InChI is InChI=1S/C20H24FN5O4S/c21-17-3-6-19(27)16(11-17)12-23-24-20(28)14-26-9-7-25(8-10-26)13-15-1-4-18(5-2-15)31(22,29)30/h1-6,11-12,27H,7-10,13-14H2,(H,24,28)(H2,22,29,30)/b23-12+. The third-order valence-corrected chi connectivity index (χ3v) is 5.80. The lowest BCUT2D eigenvalue weighted by Crippen LogP contribution is -2.48. The highest BCUT2D eigenvalue weighted by molar-refractivity contribution is 7.89. The second-order valence-corrected chi connectivity index (χ2v) is 8.80. The van der Waals surface area contributed by atoms with Gasteiger partial charge < -0.3 is 5.11 Å². The summed E-state index contributed by atoms with van der Waals surface area (Å²) in [5, 5.41) is 18.5. The first-order valence-corrected chi connectivity index (χ1v) is 11.1. The molecule has 0 spiro atoms. The van der Waals surface area contributed by atoms with Gasteiger partial charge in [-0.2, -0.15) is 5.10 Å². The zero-order chi connectivity index (χ0) is 22.4. The average molecular weight is 450 g/mol. The number of benzene rings is 2. The number of hydrazone groups is 1. The minimum atomic E-state index is -3.70. The number of nitrogens with two attached hydrogens (primary N) is 1. The highest BCUT2D eigenvalue weighted by atomic mass is 32.2. The Morgan fingerprint density at radius 3 is 2.42 bits per heavy atom. The van der Waals surface area contributed by atoms with Crippen LogP contribution in [0.1, 0.15) is 11.1 Å². The minimum absolute atomic E-state index is 0.0855. The van der Waals surface area contributed by atoms with Crippen molar-refractivity contribution < 1.29 is 22.7 Å². The Morgan fingerprint density at radius 2 is 1.77 bits per heavy atom. The summed E-state index contributed by atoms with van der Waals surface area (Å²) in [6, 6.07) is 9.94. The van der Waals surface area contributed by atoms with Crippen molar-refractivity contribution in [3.63, 3.8) is 0 Å². The number of carbonyl (C=O) groups is 1. The van der Waals surface area contributed by atoms with Gasteiger partial charge in [-0.3, -0.25) is 14.6 Å².